The number of aliphatic carboxylic acids is 1. The highest BCUT2D eigenvalue weighted by atomic mass is 31.2. The first-order valence-corrected chi connectivity index (χ1v) is 6.31. The summed E-state index contributed by atoms with van der Waals surface area (Å²) in [4.78, 5) is 21.6. The highest BCUT2D eigenvalue weighted by Crippen LogP contribution is 2.43. The van der Waals surface area contributed by atoms with Crippen LogP contribution in [-0.2, 0) is 23.1 Å². The Labute approximate surface area is 98.8 Å². The highest BCUT2D eigenvalue weighted by molar-refractivity contribution is 7.52. The van der Waals surface area contributed by atoms with Crippen LogP contribution in [0.2, 0.25) is 0 Å². The second kappa shape index (κ2) is 6.58. The smallest absolute Gasteiger partial charge is 0.480 e. The average Bonchev–Trinajstić information content (AvgIpc) is 2.15. The maximum atomic E-state index is 11.8. The van der Waals surface area contributed by atoms with Crippen LogP contribution in [0.1, 0.15) is 20.8 Å². The minimum atomic E-state index is -4.03. The van der Waals surface area contributed by atoms with Gasteiger partial charge in [-0.25, -0.2) is 9.36 Å². The first kappa shape index (κ1) is 15.9. The van der Waals surface area contributed by atoms with Crippen LogP contribution in [0.25, 0.3) is 0 Å². The van der Waals surface area contributed by atoms with E-state index in [2.05, 4.69) is 18.9 Å². The summed E-state index contributed by atoms with van der Waals surface area (Å²) in [7, 11) is -3.01. The third-order valence-electron chi connectivity index (χ3n) is 1.49. The molecule has 0 aliphatic rings. The van der Waals surface area contributed by atoms with Gasteiger partial charge in [-0.15, -0.1) is 0 Å². The van der Waals surface area contributed by atoms with Crippen molar-refractivity contribution in [1.29, 1.82) is 0 Å². The molecule has 2 atom stereocenters. The van der Waals surface area contributed by atoms with Crippen molar-refractivity contribution in [2.45, 2.75) is 32.9 Å². The Morgan fingerprint density at radius 3 is 2.18 bits per heavy atom. The SMILES string of the molecule is COP(=O)(NC(C)C(=O)O)OC(=O)OC(C)C. The summed E-state index contributed by atoms with van der Waals surface area (Å²) in [5, 5.41) is 10.7. The number of nitrogens with one attached hydrogen (secondary N) is 1. The Morgan fingerprint density at radius 1 is 1.29 bits per heavy atom. The standard InChI is InChI=1S/C8H16NO7P/c1-5(2)15-8(12)16-17(13,14-4)9-6(3)7(10)11/h5-6H,1-4H3,(H,9,13)(H,10,11). The van der Waals surface area contributed by atoms with Gasteiger partial charge in [-0.2, -0.15) is 5.09 Å². The number of carbonyl (C=O) groups is 2. The normalized spacial score (nSPS) is 16.1. The zero-order valence-electron chi connectivity index (χ0n) is 10.00. The summed E-state index contributed by atoms with van der Waals surface area (Å²) in [6, 6.07) is -1.20. The molecule has 0 aromatic carbocycles. The van der Waals surface area contributed by atoms with Crippen LogP contribution in [0, 0.1) is 0 Å². The number of carboxylic acid groups (broad SMARTS) is 1. The van der Waals surface area contributed by atoms with E-state index in [9.17, 15) is 14.2 Å². The van der Waals surface area contributed by atoms with Crippen LogP contribution in [0.4, 0.5) is 4.79 Å². The molecule has 2 N–H and O–H groups in total. The summed E-state index contributed by atoms with van der Waals surface area (Å²) >= 11 is 0. The first-order valence-electron chi connectivity index (χ1n) is 4.76. The van der Waals surface area contributed by atoms with Gasteiger partial charge in [0.1, 0.15) is 6.04 Å². The number of hydrogen-bond donors (Lipinski definition) is 2. The van der Waals surface area contributed by atoms with E-state index >= 15 is 0 Å². The molecule has 0 spiro atoms. The molecule has 0 fully saturated rings. The Hall–Kier alpha value is -1.11. The largest absolute Gasteiger partial charge is 0.516 e. The molecule has 0 rings (SSSR count). The van der Waals surface area contributed by atoms with Gasteiger partial charge in [0.05, 0.1) is 6.10 Å². The van der Waals surface area contributed by atoms with Gasteiger partial charge in [0.15, 0.2) is 0 Å². The highest BCUT2D eigenvalue weighted by Gasteiger charge is 2.32. The Kier molecular flexibility index (Phi) is 6.15. The number of carbonyl (C=O) groups excluding carboxylic acids is 1. The lowest BCUT2D eigenvalue weighted by Gasteiger charge is -2.19. The second-order valence-corrected chi connectivity index (χ2v) is 5.18. The molecule has 100 valence electrons. The summed E-state index contributed by atoms with van der Waals surface area (Å²) in [6.45, 7) is 4.38. The van der Waals surface area contributed by atoms with E-state index in [0.29, 0.717) is 0 Å². The predicted molar refractivity (Wildman–Crippen MR) is 57.6 cm³/mol. The fraction of sp³-hybridized carbons (Fsp3) is 0.750. The lowest BCUT2D eigenvalue weighted by Crippen LogP contribution is -2.33. The quantitative estimate of drug-likeness (QED) is 0.549. The van der Waals surface area contributed by atoms with Crippen LogP contribution in [-0.4, -0.2) is 36.5 Å². The molecule has 0 heterocycles. The molecule has 0 saturated heterocycles. The molecular weight excluding hydrogens is 253 g/mol. The van der Waals surface area contributed by atoms with Crippen molar-refractivity contribution in [3.05, 3.63) is 0 Å². The van der Waals surface area contributed by atoms with E-state index < -0.39 is 32.0 Å². The van der Waals surface area contributed by atoms with Crippen LogP contribution in [0.3, 0.4) is 0 Å². The van der Waals surface area contributed by atoms with Gasteiger partial charge >= 0.3 is 19.9 Å². The average molecular weight is 269 g/mol. The molecule has 0 bridgehead atoms. The molecule has 2 unspecified atom stereocenters. The van der Waals surface area contributed by atoms with Crippen LogP contribution >= 0.6 is 7.75 Å². The van der Waals surface area contributed by atoms with Gasteiger partial charge in [0, 0.05) is 7.11 Å². The summed E-state index contributed by atoms with van der Waals surface area (Å²) < 4.78 is 25.2. The fourth-order valence-electron chi connectivity index (χ4n) is 0.721. The summed E-state index contributed by atoms with van der Waals surface area (Å²) in [5.74, 6) is -1.26. The third kappa shape index (κ3) is 6.25. The predicted octanol–water partition coefficient (Wildman–Crippen LogP) is 1.37. The summed E-state index contributed by atoms with van der Waals surface area (Å²) in [6.07, 6.45) is -1.65. The fourth-order valence-corrected chi connectivity index (χ4v) is 1.78. The molecule has 0 aromatic rings. The van der Waals surface area contributed by atoms with Crippen molar-refractivity contribution in [3.8, 4) is 0 Å². The van der Waals surface area contributed by atoms with Gasteiger partial charge in [0.2, 0.25) is 0 Å². The van der Waals surface area contributed by atoms with E-state index in [0.717, 1.165) is 7.11 Å². The van der Waals surface area contributed by atoms with Crippen LogP contribution in [0.15, 0.2) is 0 Å². The lowest BCUT2D eigenvalue weighted by atomic mass is 10.4. The molecule has 0 aromatic heterocycles. The number of carboxylic acids is 1. The Bertz CT molecular complexity index is 330. The van der Waals surface area contributed by atoms with Gasteiger partial charge in [0.25, 0.3) is 0 Å². The topological polar surface area (TPSA) is 111 Å². The van der Waals surface area contributed by atoms with Crippen LogP contribution in [0.5, 0.6) is 0 Å². The van der Waals surface area contributed by atoms with Gasteiger partial charge < -0.3 is 14.4 Å². The van der Waals surface area contributed by atoms with Gasteiger partial charge in [-0.3, -0.25) is 9.32 Å². The minimum absolute atomic E-state index is 0.454. The van der Waals surface area contributed by atoms with Gasteiger partial charge in [-0.1, -0.05) is 0 Å². The minimum Gasteiger partial charge on any atom is -0.480 e. The van der Waals surface area contributed by atoms with E-state index in [4.69, 9.17) is 5.11 Å². The molecule has 9 heteroatoms. The van der Waals surface area contributed by atoms with Gasteiger partial charge in [-0.05, 0) is 20.8 Å². The first-order chi connectivity index (χ1) is 7.70. The van der Waals surface area contributed by atoms with Crippen molar-refractivity contribution in [1.82, 2.24) is 5.09 Å². The Balaban J connectivity index is 4.53. The molecule has 17 heavy (non-hydrogen) atoms. The number of ether oxygens (including phenoxy) is 1. The van der Waals surface area contributed by atoms with E-state index in [-0.39, 0.29) is 0 Å². The monoisotopic (exact) mass is 269 g/mol. The van der Waals surface area contributed by atoms with E-state index in [1.165, 1.54) is 6.92 Å². The molecule has 8 nitrogen and oxygen atoms in total. The third-order valence-corrected chi connectivity index (χ3v) is 3.06. The van der Waals surface area contributed by atoms with Crippen molar-refractivity contribution in [3.63, 3.8) is 0 Å². The zero-order chi connectivity index (χ0) is 13.6. The molecular formula is C8H16NO7P. The van der Waals surface area contributed by atoms with Crippen molar-refractivity contribution >= 4 is 19.9 Å². The van der Waals surface area contributed by atoms with E-state index in [1.54, 1.807) is 13.8 Å². The molecule has 0 aliphatic carbocycles. The number of rotatable bonds is 6. The molecule has 0 amide bonds. The van der Waals surface area contributed by atoms with Crippen molar-refractivity contribution in [2.75, 3.05) is 7.11 Å². The van der Waals surface area contributed by atoms with E-state index in [1.807, 2.05) is 0 Å². The maximum Gasteiger partial charge on any atom is 0.516 e. The summed E-state index contributed by atoms with van der Waals surface area (Å²) in [5.41, 5.74) is 0. The molecule has 0 saturated carbocycles. The van der Waals surface area contributed by atoms with Crippen molar-refractivity contribution < 1.29 is 33.0 Å². The zero-order valence-corrected chi connectivity index (χ0v) is 10.9. The lowest BCUT2D eigenvalue weighted by molar-refractivity contribution is -0.138. The molecule has 0 radical (unpaired) electrons. The molecule has 0 aliphatic heterocycles. The second-order valence-electron chi connectivity index (χ2n) is 3.38. The number of hydrogen-bond acceptors (Lipinski definition) is 6. The van der Waals surface area contributed by atoms with Crippen LogP contribution < -0.4 is 5.09 Å². The van der Waals surface area contributed by atoms with Crippen molar-refractivity contribution in [2.24, 2.45) is 0 Å². The maximum absolute atomic E-state index is 11.8. The Morgan fingerprint density at radius 2 is 1.82 bits per heavy atom.